The molecule has 0 atom stereocenters. The fraction of sp³-hybridized carbons (Fsp3) is 0.360. The minimum atomic E-state index is -0.0315. The maximum atomic E-state index is 13.6. The molecular formula is C25H26BrCl2N3O. The van der Waals surface area contributed by atoms with Crippen LogP contribution in [0, 0.1) is 0 Å². The minimum Gasteiger partial charge on any atom is -0.337 e. The van der Waals surface area contributed by atoms with Crippen LogP contribution in [0.3, 0.4) is 0 Å². The molecule has 168 valence electrons. The summed E-state index contributed by atoms with van der Waals surface area (Å²) in [5.74, 6) is -0.0315. The molecule has 0 bridgehead atoms. The average molecular weight is 535 g/mol. The van der Waals surface area contributed by atoms with Crippen molar-refractivity contribution in [2.75, 3.05) is 7.05 Å². The minimum absolute atomic E-state index is 0.0315. The van der Waals surface area contributed by atoms with Crippen molar-refractivity contribution < 1.29 is 4.79 Å². The summed E-state index contributed by atoms with van der Waals surface area (Å²) in [6.45, 7) is 2.06. The van der Waals surface area contributed by atoms with Crippen molar-refractivity contribution in [3.8, 4) is 16.9 Å². The number of hydrogen-bond acceptors (Lipinski definition) is 2. The van der Waals surface area contributed by atoms with Crippen LogP contribution in [0.1, 0.15) is 55.1 Å². The normalized spacial score (nSPS) is 14.5. The van der Waals surface area contributed by atoms with E-state index in [1.165, 1.54) is 19.3 Å². The van der Waals surface area contributed by atoms with E-state index in [4.69, 9.17) is 28.3 Å². The number of nitrogens with zero attached hydrogens (tertiary/aromatic N) is 3. The van der Waals surface area contributed by atoms with Crippen LogP contribution in [0.25, 0.3) is 16.9 Å². The Morgan fingerprint density at radius 2 is 1.81 bits per heavy atom. The summed E-state index contributed by atoms with van der Waals surface area (Å²) < 4.78 is 2.78. The predicted molar refractivity (Wildman–Crippen MR) is 135 cm³/mol. The Morgan fingerprint density at radius 1 is 1.12 bits per heavy atom. The van der Waals surface area contributed by atoms with Crippen molar-refractivity contribution in [2.24, 2.45) is 0 Å². The summed E-state index contributed by atoms with van der Waals surface area (Å²) in [7, 11) is 1.91. The first-order valence-electron chi connectivity index (χ1n) is 11.0. The van der Waals surface area contributed by atoms with Gasteiger partial charge in [-0.3, -0.25) is 4.79 Å². The lowest BCUT2D eigenvalue weighted by Gasteiger charge is -2.31. The molecule has 4 nitrogen and oxygen atoms in total. The Labute approximate surface area is 207 Å². The van der Waals surface area contributed by atoms with Gasteiger partial charge in [0.25, 0.3) is 5.91 Å². The quantitative estimate of drug-likeness (QED) is 0.338. The van der Waals surface area contributed by atoms with Gasteiger partial charge in [-0.05, 0) is 49.6 Å². The molecule has 1 heterocycles. The van der Waals surface area contributed by atoms with Gasteiger partial charge in [0.1, 0.15) is 0 Å². The molecule has 1 aliphatic carbocycles. The Balaban J connectivity index is 1.87. The van der Waals surface area contributed by atoms with Gasteiger partial charge in [0.05, 0.1) is 16.4 Å². The fourth-order valence-electron chi connectivity index (χ4n) is 4.49. The average Bonchev–Trinajstić information content (AvgIpc) is 3.18. The maximum Gasteiger partial charge on any atom is 0.274 e. The van der Waals surface area contributed by atoms with Crippen molar-refractivity contribution in [1.29, 1.82) is 0 Å². The molecule has 1 saturated carbocycles. The highest BCUT2D eigenvalue weighted by atomic mass is 79.9. The van der Waals surface area contributed by atoms with Gasteiger partial charge in [-0.2, -0.15) is 5.10 Å². The molecule has 0 aliphatic heterocycles. The summed E-state index contributed by atoms with van der Waals surface area (Å²) in [6, 6.07) is 13.6. The number of carbonyl (C=O) groups excluding carboxylic acids is 1. The van der Waals surface area contributed by atoms with E-state index in [-0.39, 0.29) is 11.9 Å². The molecular weight excluding hydrogens is 509 g/mol. The van der Waals surface area contributed by atoms with E-state index in [9.17, 15) is 4.79 Å². The van der Waals surface area contributed by atoms with Crippen LogP contribution in [0.4, 0.5) is 0 Å². The third-order valence-corrected chi connectivity index (χ3v) is 7.30. The topological polar surface area (TPSA) is 38.1 Å². The van der Waals surface area contributed by atoms with E-state index in [2.05, 4.69) is 22.9 Å². The zero-order valence-electron chi connectivity index (χ0n) is 18.2. The van der Waals surface area contributed by atoms with Crippen molar-refractivity contribution in [3.05, 3.63) is 68.2 Å². The van der Waals surface area contributed by atoms with Crippen LogP contribution in [0.2, 0.25) is 10.0 Å². The predicted octanol–water partition coefficient (Wildman–Crippen LogP) is 7.58. The van der Waals surface area contributed by atoms with Gasteiger partial charge in [-0.25, -0.2) is 4.68 Å². The lowest BCUT2D eigenvalue weighted by molar-refractivity contribution is 0.0688. The molecule has 0 unspecified atom stereocenters. The van der Waals surface area contributed by atoms with Crippen LogP contribution in [0.15, 0.2) is 46.9 Å². The fourth-order valence-corrected chi connectivity index (χ4v) is 5.24. The number of benzene rings is 2. The van der Waals surface area contributed by atoms with Gasteiger partial charge >= 0.3 is 0 Å². The molecule has 32 heavy (non-hydrogen) atoms. The Bertz CT molecular complexity index is 1120. The molecule has 3 aromatic rings. The SMILES string of the molecule is CCc1c(C(=O)N(C)C2CCCCC2)nn(-c2ccc(Cl)cc2Cl)c1-c1ccc(Br)cc1. The van der Waals surface area contributed by atoms with Gasteiger partial charge < -0.3 is 4.90 Å². The van der Waals surface area contributed by atoms with Crippen molar-refractivity contribution in [1.82, 2.24) is 14.7 Å². The van der Waals surface area contributed by atoms with E-state index in [0.717, 1.165) is 34.1 Å². The standard InChI is InChI=1S/C25H26BrCl2N3O/c1-3-20-23(25(32)30(2)19-7-5-4-6-8-19)29-31(22-14-13-18(27)15-21(22)28)24(20)16-9-11-17(26)12-10-16/h9-15,19H,3-8H2,1-2H3. The summed E-state index contributed by atoms with van der Waals surface area (Å²) in [5, 5.41) is 5.88. The number of rotatable bonds is 5. The number of amides is 1. The van der Waals surface area contributed by atoms with Crippen LogP contribution in [0.5, 0.6) is 0 Å². The van der Waals surface area contributed by atoms with Crippen molar-refractivity contribution >= 4 is 45.0 Å². The second kappa shape index (κ2) is 9.98. The summed E-state index contributed by atoms with van der Waals surface area (Å²) in [4.78, 5) is 15.5. The van der Waals surface area contributed by atoms with E-state index < -0.39 is 0 Å². The monoisotopic (exact) mass is 533 g/mol. The highest BCUT2D eigenvalue weighted by Gasteiger charge is 2.30. The van der Waals surface area contributed by atoms with Gasteiger partial charge in [-0.1, -0.05) is 77.5 Å². The molecule has 4 rings (SSSR count). The van der Waals surface area contributed by atoms with Gasteiger partial charge in [0.2, 0.25) is 0 Å². The van der Waals surface area contributed by atoms with Crippen LogP contribution in [-0.4, -0.2) is 33.7 Å². The Hall–Kier alpha value is -1.82. The molecule has 0 N–H and O–H groups in total. The Morgan fingerprint density at radius 3 is 2.44 bits per heavy atom. The molecule has 1 amide bonds. The molecule has 2 aromatic carbocycles. The van der Waals surface area contributed by atoms with Crippen LogP contribution < -0.4 is 0 Å². The molecule has 0 saturated heterocycles. The smallest absolute Gasteiger partial charge is 0.274 e. The van der Waals surface area contributed by atoms with E-state index in [1.54, 1.807) is 16.8 Å². The molecule has 0 radical (unpaired) electrons. The largest absolute Gasteiger partial charge is 0.337 e. The molecule has 7 heteroatoms. The highest BCUT2D eigenvalue weighted by molar-refractivity contribution is 9.10. The first-order chi connectivity index (χ1) is 15.4. The number of carbonyl (C=O) groups is 1. The highest BCUT2D eigenvalue weighted by Crippen LogP contribution is 2.35. The first-order valence-corrected chi connectivity index (χ1v) is 12.6. The zero-order chi connectivity index (χ0) is 22.8. The van der Waals surface area contributed by atoms with E-state index in [1.807, 2.05) is 42.3 Å². The summed E-state index contributed by atoms with van der Waals surface area (Å²) in [5.41, 5.74) is 3.96. The molecule has 1 fully saturated rings. The first kappa shape index (κ1) is 23.3. The van der Waals surface area contributed by atoms with E-state index in [0.29, 0.717) is 27.8 Å². The second-order valence-corrected chi connectivity index (χ2v) is 10.0. The summed E-state index contributed by atoms with van der Waals surface area (Å²) in [6.07, 6.45) is 6.36. The van der Waals surface area contributed by atoms with Gasteiger partial charge in [-0.15, -0.1) is 0 Å². The summed E-state index contributed by atoms with van der Waals surface area (Å²) >= 11 is 16.2. The Kier molecular flexibility index (Phi) is 7.28. The lowest BCUT2D eigenvalue weighted by atomic mass is 9.94. The number of aromatic nitrogens is 2. The van der Waals surface area contributed by atoms with Crippen molar-refractivity contribution in [3.63, 3.8) is 0 Å². The van der Waals surface area contributed by atoms with Gasteiger partial charge in [0.15, 0.2) is 5.69 Å². The second-order valence-electron chi connectivity index (χ2n) is 8.25. The molecule has 1 aromatic heterocycles. The van der Waals surface area contributed by atoms with Crippen LogP contribution >= 0.6 is 39.1 Å². The number of hydrogen-bond donors (Lipinski definition) is 0. The molecule has 0 spiro atoms. The lowest BCUT2D eigenvalue weighted by Crippen LogP contribution is -2.38. The van der Waals surface area contributed by atoms with Gasteiger partial charge in [0, 0.05) is 33.7 Å². The molecule has 1 aliphatic rings. The third kappa shape index (κ3) is 4.61. The third-order valence-electron chi connectivity index (χ3n) is 6.24. The zero-order valence-corrected chi connectivity index (χ0v) is 21.3. The maximum absolute atomic E-state index is 13.6. The van der Waals surface area contributed by atoms with Crippen molar-refractivity contribution in [2.45, 2.75) is 51.5 Å². The van der Waals surface area contributed by atoms with E-state index >= 15 is 0 Å². The van der Waals surface area contributed by atoms with Crippen LogP contribution in [-0.2, 0) is 6.42 Å². The number of halogens is 3.